The van der Waals surface area contributed by atoms with Crippen LogP contribution in [0.4, 0.5) is 29.3 Å². The van der Waals surface area contributed by atoms with E-state index in [-0.39, 0.29) is 58.9 Å². The highest BCUT2D eigenvalue weighted by Gasteiger charge is 2.33. The average Bonchev–Trinajstić information content (AvgIpc) is 3.63. The number of rotatable bonds is 9. The summed E-state index contributed by atoms with van der Waals surface area (Å²) < 4.78 is 55.0. The summed E-state index contributed by atoms with van der Waals surface area (Å²) in [4.78, 5) is 49.2. The van der Waals surface area contributed by atoms with Crippen molar-refractivity contribution < 1.29 is 32.2 Å². The first kappa shape index (κ1) is 34.5. The van der Waals surface area contributed by atoms with Crippen LogP contribution in [0.1, 0.15) is 38.1 Å². The molecule has 0 aliphatic carbocycles. The van der Waals surface area contributed by atoms with Gasteiger partial charge >= 0.3 is 6.03 Å². The Hall–Kier alpha value is -5.31. The summed E-state index contributed by atoms with van der Waals surface area (Å²) in [6, 6.07) is 10.0. The molecule has 3 heterocycles. The molecule has 264 valence electrons. The van der Waals surface area contributed by atoms with Crippen molar-refractivity contribution in [3.8, 4) is 11.5 Å². The van der Waals surface area contributed by atoms with Gasteiger partial charge in [0.1, 0.15) is 17.3 Å². The van der Waals surface area contributed by atoms with E-state index in [4.69, 9.17) is 9.47 Å². The third kappa shape index (κ3) is 7.04. The van der Waals surface area contributed by atoms with Crippen molar-refractivity contribution in [1.82, 2.24) is 19.9 Å². The highest BCUT2D eigenvalue weighted by molar-refractivity contribution is 6.03. The Kier molecular flexibility index (Phi) is 10.1. The lowest BCUT2D eigenvalue weighted by atomic mass is 10.1. The van der Waals surface area contributed by atoms with Crippen LogP contribution >= 0.6 is 0 Å². The molecule has 12 nitrogen and oxygen atoms in total. The summed E-state index contributed by atoms with van der Waals surface area (Å²) in [5.74, 6) is -2.14. The number of fused-ring (bicyclic) bond motifs is 1. The van der Waals surface area contributed by atoms with Crippen molar-refractivity contribution in [2.75, 3.05) is 62.2 Å². The van der Waals surface area contributed by atoms with Gasteiger partial charge in [-0.1, -0.05) is 0 Å². The van der Waals surface area contributed by atoms with Crippen molar-refractivity contribution in [3.63, 3.8) is 0 Å². The van der Waals surface area contributed by atoms with Crippen molar-refractivity contribution >= 4 is 34.2 Å². The molecule has 0 spiro atoms. The number of anilines is 2. The highest BCUT2D eigenvalue weighted by atomic mass is 19.2. The fourth-order valence-corrected chi connectivity index (χ4v) is 6.46. The number of methoxy groups -OCH3 is 2. The van der Waals surface area contributed by atoms with Gasteiger partial charge < -0.3 is 30.0 Å². The Morgan fingerprint density at radius 1 is 1.00 bits per heavy atom. The van der Waals surface area contributed by atoms with Gasteiger partial charge in [-0.15, -0.1) is 0 Å². The van der Waals surface area contributed by atoms with Gasteiger partial charge in [-0.05, 0) is 68.8 Å². The molecule has 2 fully saturated rings. The number of nitrogens with one attached hydrogen (secondary N) is 2. The number of piperazine rings is 1. The van der Waals surface area contributed by atoms with Crippen LogP contribution in [0.3, 0.4) is 0 Å². The van der Waals surface area contributed by atoms with E-state index in [1.54, 1.807) is 35.0 Å². The predicted molar refractivity (Wildman–Crippen MR) is 182 cm³/mol. The molecular formula is C35H38F3N7O5. The van der Waals surface area contributed by atoms with Crippen molar-refractivity contribution in [1.29, 1.82) is 0 Å². The number of urea groups is 1. The molecule has 2 aliphatic heterocycles. The van der Waals surface area contributed by atoms with Gasteiger partial charge in [-0.3, -0.25) is 14.5 Å². The molecule has 3 amide bonds. The van der Waals surface area contributed by atoms with Gasteiger partial charge in [-0.2, -0.15) is 0 Å². The molecule has 15 heteroatoms. The average molecular weight is 694 g/mol. The molecule has 1 aromatic heterocycles. The SMILES string of the molecule is COc1ccc(N(C(=O)Nc2ccc(F)cc2)[C@@H](C)c2nc3cc(F)c(F)cc3c(=O)n2N2CCN(C(=O)C[C@@H]3CCCN3)CC2)c(OC)c1. The molecule has 6 rings (SSSR count). The van der Waals surface area contributed by atoms with Gasteiger partial charge in [-0.25, -0.2) is 27.6 Å². The third-order valence-electron chi connectivity index (χ3n) is 9.11. The quantitative estimate of drug-likeness (QED) is 0.262. The highest BCUT2D eigenvalue weighted by Crippen LogP contribution is 2.37. The number of amides is 3. The minimum Gasteiger partial charge on any atom is -0.497 e. The molecule has 2 saturated heterocycles. The maximum atomic E-state index is 14.5. The lowest BCUT2D eigenvalue weighted by molar-refractivity contribution is -0.132. The van der Waals surface area contributed by atoms with Gasteiger partial charge in [0.25, 0.3) is 5.56 Å². The summed E-state index contributed by atoms with van der Waals surface area (Å²) in [7, 11) is 2.90. The normalized spacial score (nSPS) is 16.7. The molecule has 50 heavy (non-hydrogen) atoms. The van der Waals surface area contributed by atoms with E-state index in [2.05, 4.69) is 15.6 Å². The molecule has 0 saturated carbocycles. The number of benzene rings is 3. The largest absolute Gasteiger partial charge is 0.497 e. The number of nitrogens with zero attached hydrogens (tertiary/aromatic N) is 5. The zero-order chi connectivity index (χ0) is 35.5. The van der Waals surface area contributed by atoms with E-state index in [1.165, 1.54) is 48.1 Å². The Bertz CT molecular complexity index is 1940. The van der Waals surface area contributed by atoms with Crippen LogP contribution in [0.2, 0.25) is 0 Å². The second kappa shape index (κ2) is 14.7. The first-order valence-electron chi connectivity index (χ1n) is 16.3. The van der Waals surface area contributed by atoms with E-state index in [0.717, 1.165) is 31.5 Å². The molecule has 2 N–H and O–H groups in total. The summed E-state index contributed by atoms with van der Waals surface area (Å²) in [6.45, 7) is 3.59. The molecule has 0 radical (unpaired) electrons. The minimum absolute atomic E-state index is 0.00871. The fraction of sp³-hybridized carbons (Fsp3) is 0.371. The maximum Gasteiger partial charge on any atom is 0.327 e. The summed E-state index contributed by atoms with van der Waals surface area (Å²) in [5.41, 5.74) is -0.227. The topological polar surface area (TPSA) is 121 Å². The van der Waals surface area contributed by atoms with E-state index in [1.807, 2.05) is 0 Å². The van der Waals surface area contributed by atoms with Gasteiger partial charge in [0.2, 0.25) is 5.91 Å². The van der Waals surface area contributed by atoms with Gasteiger partial charge in [0, 0.05) is 43.4 Å². The summed E-state index contributed by atoms with van der Waals surface area (Å²) in [6.07, 6.45) is 2.34. The molecule has 2 aliphatic rings. The minimum atomic E-state index is -1.21. The second-order valence-electron chi connectivity index (χ2n) is 12.2. The molecular weight excluding hydrogens is 655 g/mol. The van der Waals surface area contributed by atoms with Crippen LogP contribution < -0.4 is 35.6 Å². The van der Waals surface area contributed by atoms with Gasteiger partial charge in [0.05, 0.1) is 49.9 Å². The lowest BCUT2D eigenvalue weighted by Gasteiger charge is -2.39. The van der Waals surface area contributed by atoms with Crippen LogP contribution in [0.25, 0.3) is 10.9 Å². The molecule has 2 atom stereocenters. The van der Waals surface area contributed by atoms with Crippen molar-refractivity contribution in [2.24, 2.45) is 0 Å². The maximum absolute atomic E-state index is 14.5. The number of aromatic nitrogens is 2. The van der Waals surface area contributed by atoms with Crippen LogP contribution in [-0.2, 0) is 4.79 Å². The molecule has 0 unspecified atom stereocenters. The van der Waals surface area contributed by atoms with Crippen LogP contribution in [0, 0.1) is 17.5 Å². The number of halogens is 3. The van der Waals surface area contributed by atoms with Crippen LogP contribution in [0.15, 0.2) is 59.4 Å². The Labute approximate surface area is 286 Å². The Morgan fingerprint density at radius 3 is 2.38 bits per heavy atom. The second-order valence-corrected chi connectivity index (χ2v) is 12.2. The van der Waals surface area contributed by atoms with E-state index in [0.29, 0.717) is 25.3 Å². The van der Waals surface area contributed by atoms with Crippen molar-refractivity contribution in [3.05, 3.63) is 88.2 Å². The standard InChI is InChI=1S/C35H38F3N7O5/c1-21(44(30-11-10-25(49-2)18-31(30)50-3)35(48)40-23-8-6-22(36)7-9-23)33-41-29-20-28(38)27(37)19-26(29)34(47)45(33)43-15-13-42(14-16-43)32(46)17-24-5-4-12-39-24/h6-11,18-21,24,39H,4-5,12-17H2,1-3H3,(H,40,48)/t21-,24-/m0/s1. The van der Waals surface area contributed by atoms with Gasteiger partial charge in [0.15, 0.2) is 17.5 Å². The van der Waals surface area contributed by atoms with E-state index in [9.17, 15) is 27.6 Å². The number of carbonyl (C=O) groups is 2. The van der Waals surface area contributed by atoms with E-state index >= 15 is 0 Å². The Morgan fingerprint density at radius 2 is 1.72 bits per heavy atom. The number of ether oxygens (including phenoxy) is 2. The summed E-state index contributed by atoms with van der Waals surface area (Å²) >= 11 is 0. The zero-order valence-corrected chi connectivity index (χ0v) is 27.9. The van der Waals surface area contributed by atoms with Crippen LogP contribution in [-0.4, -0.2) is 79.5 Å². The predicted octanol–water partition coefficient (Wildman–Crippen LogP) is 4.55. The number of carbonyl (C=O) groups excluding carboxylic acids is 2. The van der Waals surface area contributed by atoms with Crippen molar-refractivity contribution in [2.45, 2.75) is 38.3 Å². The Balaban J connectivity index is 1.43. The number of hydrogen-bond donors (Lipinski definition) is 2. The first-order valence-corrected chi connectivity index (χ1v) is 16.3. The fourth-order valence-electron chi connectivity index (χ4n) is 6.46. The zero-order valence-electron chi connectivity index (χ0n) is 27.9. The summed E-state index contributed by atoms with van der Waals surface area (Å²) in [5, 5.41) is 7.64. The van der Waals surface area contributed by atoms with E-state index < -0.39 is 35.1 Å². The van der Waals surface area contributed by atoms with Crippen LogP contribution in [0.5, 0.6) is 11.5 Å². The lowest BCUT2D eigenvalue weighted by Crippen LogP contribution is -2.57. The molecule has 3 aromatic carbocycles. The monoisotopic (exact) mass is 693 g/mol. The smallest absolute Gasteiger partial charge is 0.327 e. The number of hydrogen-bond acceptors (Lipinski definition) is 8. The third-order valence-corrected chi connectivity index (χ3v) is 9.11. The first-order chi connectivity index (χ1) is 24.1. The molecule has 4 aromatic rings. The molecule has 0 bridgehead atoms.